The maximum atomic E-state index is 5.44. The van der Waals surface area contributed by atoms with E-state index in [1.165, 1.54) is 6.42 Å². The summed E-state index contributed by atoms with van der Waals surface area (Å²) in [5, 5.41) is 3.37. The highest BCUT2D eigenvalue weighted by Gasteiger charge is 2.21. The number of oxazole rings is 1. The predicted octanol–water partition coefficient (Wildman–Crippen LogP) is 2.22. The molecular formula is C10H16N2O. The SMILES string of the molecule is CC(C)c1coc(C2CCCN2)n1. The first-order valence-corrected chi connectivity index (χ1v) is 4.96. The van der Waals surface area contributed by atoms with Crippen molar-refractivity contribution in [3.05, 3.63) is 17.8 Å². The van der Waals surface area contributed by atoms with Crippen molar-refractivity contribution >= 4 is 0 Å². The summed E-state index contributed by atoms with van der Waals surface area (Å²) in [6.45, 7) is 5.34. The maximum absolute atomic E-state index is 5.44. The van der Waals surface area contributed by atoms with Gasteiger partial charge in [0.2, 0.25) is 5.89 Å². The van der Waals surface area contributed by atoms with Crippen molar-refractivity contribution in [3.8, 4) is 0 Å². The average Bonchev–Trinajstić information content (AvgIpc) is 2.75. The first-order chi connectivity index (χ1) is 6.27. The number of hydrogen-bond acceptors (Lipinski definition) is 3. The van der Waals surface area contributed by atoms with Gasteiger partial charge in [-0.3, -0.25) is 0 Å². The molecule has 0 amide bonds. The molecule has 13 heavy (non-hydrogen) atoms. The van der Waals surface area contributed by atoms with E-state index in [2.05, 4.69) is 24.1 Å². The van der Waals surface area contributed by atoms with Crippen LogP contribution < -0.4 is 5.32 Å². The minimum Gasteiger partial charge on any atom is -0.447 e. The lowest BCUT2D eigenvalue weighted by molar-refractivity contribution is 0.429. The third-order valence-corrected chi connectivity index (χ3v) is 2.49. The van der Waals surface area contributed by atoms with Gasteiger partial charge in [0, 0.05) is 0 Å². The summed E-state index contributed by atoms with van der Waals surface area (Å²) in [6, 6.07) is 0.354. The van der Waals surface area contributed by atoms with Crippen molar-refractivity contribution in [2.24, 2.45) is 0 Å². The molecule has 1 fully saturated rings. The number of hydrogen-bond donors (Lipinski definition) is 1. The lowest BCUT2D eigenvalue weighted by Crippen LogP contribution is -2.13. The van der Waals surface area contributed by atoms with Crippen molar-refractivity contribution in [1.82, 2.24) is 10.3 Å². The van der Waals surface area contributed by atoms with E-state index in [4.69, 9.17) is 4.42 Å². The lowest BCUT2D eigenvalue weighted by atomic mass is 10.1. The zero-order valence-electron chi connectivity index (χ0n) is 8.21. The van der Waals surface area contributed by atoms with Gasteiger partial charge < -0.3 is 9.73 Å². The highest BCUT2D eigenvalue weighted by molar-refractivity contribution is 5.04. The minimum atomic E-state index is 0.354. The summed E-state index contributed by atoms with van der Waals surface area (Å²) >= 11 is 0. The minimum absolute atomic E-state index is 0.354. The second-order valence-corrected chi connectivity index (χ2v) is 3.91. The number of rotatable bonds is 2. The van der Waals surface area contributed by atoms with Gasteiger partial charge in [0.1, 0.15) is 6.26 Å². The molecule has 3 nitrogen and oxygen atoms in total. The molecule has 0 radical (unpaired) electrons. The number of aromatic nitrogens is 1. The second kappa shape index (κ2) is 3.50. The zero-order valence-corrected chi connectivity index (χ0v) is 8.21. The largest absolute Gasteiger partial charge is 0.447 e. The Hall–Kier alpha value is -0.830. The standard InChI is InChI=1S/C10H16N2O/c1-7(2)9-6-13-10(12-9)8-4-3-5-11-8/h6-8,11H,3-5H2,1-2H3. The zero-order chi connectivity index (χ0) is 9.26. The second-order valence-electron chi connectivity index (χ2n) is 3.91. The van der Waals surface area contributed by atoms with E-state index in [1.807, 2.05) is 0 Å². The Morgan fingerprint density at radius 3 is 3.00 bits per heavy atom. The first-order valence-electron chi connectivity index (χ1n) is 4.96. The highest BCUT2D eigenvalue weighted by atomic mass is 16.3. The Kier molecular flexibility index (Phi) is 2.36. The lowest BCUT2D eigenvalue weighted by Gasteiger charge is -2.03. The van der Waals surface area contributed by atoms with Crippen molar-refractivity contribution in [1.29, 1.82) is 0 Å². The number of nitrogens with zero attached hydrogens (tertiary/aromatic N) is 1. The topological polar surface area (TPSA) is 38.1 Å². The van der Waals surface area contributed by atoms with Crippen LogP contribution >= 0.6 is 0 Å². The summed E-state index contributed by atoms with van der Waals surface area (Å²) in [5.41, 5.74) is 1.06. The van der Waals surface area contributed by atoms with E-state index in [1.54, 1.807) is 6.26 Å². The molecule has 1 N–H and O–H groups in total. The van der Waals surface area contributed by atoms with E-state index in [0.29, 0.717) is 12.0 Å². The molecule has 1 atom stereocenters. The fourth-order valence-electron chi connectivity index (χ4n) is 1.62. The summed E-state index contributed by atoms with van der Waals surface area (Å²) < 4.78 is 5.44. The number of nitrogens with one attached hydrogen (secondary N) is 1. The van der Waals surface area contributed by atoms with Crippen LogP contribution in [0, 0.1) is 0 Å². The molecule has 1 unspecified atom stereocenters. The van der Waals surface area contributed by atoms with E-state index >= 15 is 0 Å². The van der Waals surface area contributed by atoms with Gasteiger partial charge in [-0.1, -0.05) is 13.8 Å². The molecular weight excluding hydrogens is 164 g/mol. The Balaban J connectivity index is 2.12. The molecule has 0 aromatic carbocycles. The van der Waals surface area contributed by atoms with Gasteiger partial charge in [0.25, 0.3) is 0 Å². The van der Waals surface area contributed by atoms with E-state index < -0.39 is 0 Å². The van der Waals surface area contributed by atoms with Crippen LogP contribution in [-0.4, -0.2) is 11.5 Å². The van der Waals surface area contributed by atoms with Crippen LogP contribution in [0.2, 0.25) is 0 Å². The van der Waals surface area contributed by atoms with E-state index in [9.17, 15) is 0 Å². The van der Waals surface area contributed by atoms with Gasteiger partial charge in [-0.25, -0.2) is 4.98 Å². The summed E-state index contributed by atoms with van der Waals surface area (Å²) in [6.07, 6.45) is 4.15. The molecule has 2 heterocycles. The molecule has 1 aromatic heterocycles. The van der Waals surface area contributed by atoms with Gasteiger partial charge in [-0.05, 0) is 25.3 Å². The van der Waals surface area contributed by atoms with Crippen LogP contribution in [-0.2, 0) is 0 Å². The molecule has 1 saturated heterocycles. The van der Waals surface area contributed by atoms with Crippen LogP contribution in [0.3, 0.4) is 0 Å². The fraction of sp³-hybridized carbons (Fsp3) is 0.700. The molecule has 1 aliphatic heterocycles. The Morgan fingerprint density at radius 1 is 1.62 bits per heavy atom. The Bertz CT molecular complexity index is 274. The molecule has 2 rings (SSSR count). The molecule has 0 saturated carbocycles. The van der Waals surface area contributed by atoms with Crippen molar-refractivity contribution in [3.63, 3.8) is 0 Å². The van der Waals surface area contributed by atoms with Crippen LogP contribution in [0.15, 0.2) is 10.7 Å². The normalized spacial score (nSPS) is 22.8. The smallest absolute Gasteiger partial charge is 0.211 e. The van der Waals surface area contributed by atoms with Crippen LogP contribution in [0.25, 0.3) is 0 Å². The molecule has 0 bridgehead atoms. The molecule has 72 valence electrons. The van der Waals surface area contributed by atoms with Crippen LogP contribution in [0.5, 0.6) is 0 Å². The predicted molar refractivity (Wildman–Crippen MR) is 50.6 cm³/mol. The quantitative estimate of drug-likeness (QED) is 0.758. The van der Waals surface area contributed by atoms with Gasteiger partial charge in [0.15, 0.2) is 0 Å². The molecule has 3 heteroatoms. The summed E-state index contributed by atoms with van der Waals surface area (Å²) in [7, 11) is 0. The third-order valence-electron chi connectivity index (χ3n) is 2.49. The average molecular weight is 180 g/mol. The van der Waals surface area contributed by atoms with Gasteiger partial charge >= 0.3 is 0 Å². The molecule has 1 aromatic rings. The van der Waals surface area contributed by atoms with Crippen molar-refractivity contribution in [2.75, 3.05) is 6.54 Å². The van der Waals surface area contributed by atoms with Crippen molar-refractivity contribution < 1.29 is 4.42 Å². The van der Waals surface area contributed by atoms with Crippen molar-refractivity contribution in [2.45, 2.75) is 38.6 Å². The summed E-state index contributed by atoms with van der Waals surface area (Å²) in [5.74, 6) is 1.32. The van der Waals surface area contributed by atoms with Gasteiger partial charge in [0.05, 0.1) is 11.7 Å². The monoisotopic (exact) mass is 180 g/mol. The fourth-order valence-corrected chi connectivity index (χ4v) is 1.62. The van der Waals surface area contributed by atoms with Crippen LogP contribution in [0.1, 0.15) is 50.2 Å². The first kappa shape index (κ1) is 8.75. The maximum Gasteiger partial charge on any atom is 0.211 e. The van der Waals surface area contributed by atoms with E-state index in [0.717, 1.165) is 24.6 Å². The van der Waals surface area contributed by atoms with Gasteiger partial charge in [-0.15, -0.1) is 0 Å². The Labute approximate surface area is 78.5 Å². The highest BCUT2D eigenvalue weighted by Crippen LogP contribution is 2.24. The summed E-state index contributed by atoms with van der Waals surface area (Å²) in [4.78, 5) is 4.46. The third kappa shape index (κ3) is 1.75. The molecule has 0 aliphatic carbocycles. The molecule has 1 aliphatic rings. The van der Waals surface area contributed by atoms with Crippen LogP contribution in [0.4, 0.5) is 0 Å². The Morgan fingerprint density at radius 2 is 2.46 bits per heavy atom. The molecule has 0 spiro atoms. The van der Waals surface area contributed by atoms with E-state index in [-0.39, 0.29) is 0 Å². The van der Waals surface area contributed by atoms with Gasteiger partial charge in [-0.2, -0.15) is 0 Å².